The van der Waals surface area contributed by atoms with Crippen molar-refractivity contribution in [3.05, 3.63) is 52.9 Å². The molecule has 0 bridgehead atoms. The topological polar surface area (TPSA) is 119 Å². The van der Waals surface area contributed by atoms with Crippen LogP contribution in [0.1, 0.15) is 51.5 Å². The Morgan fingerprint density at radius 1 is 1.24 bits per heavy atom. The van der Waals surface area contributed by atoms with E-state index in [0.717, 1.165) is 65.1 Å². The highest BCUT2D eigenvalue weighted by Gasteiger charge is 2.34. The summed E-state index contributed by atoms with van der Waals surface area (Å²) >= 11 is 1.40. The van der Waals surface area contributed by atoms with Gasteiger partial charge in [-0.3, -0.25) is 14.2 Å². The van der Waals surface area contributed by atoms with Crippen LogP contribution in [-0.2, 0) is 9.59 Å². The molecular weight excluding hydrogens is 448 g/mol. The van der Waals surface area contributed by atoms with E-state index in [1.807, 2.05) is 31.3 Å². The number of aromatic amines is 1. The molecule has 1 fully saturated rings. The number of carbonyl (C=O) groups is 2. The fourth-order valence-electron chi connectivity index (χ4n) is 5.11. The summed E-state index contributed by atoms with van der Waals surface area (Å²) in [6.45, 7) is 1.86. The zero-order chi connectivity index (χ0) is 23.4. The van der Waals surface area contributed by atoms with Gasteiger partial charge in [-0.1, -0.05) is 35.5 Å². The number of nitrogens with one attached hydrogen (secondary N) is 2. The van der Waals surface area contributed by atoms with E-state index in [0.29, 0.717) is 23.7 Å². The van der Waals surface area contributed by atoms with Gasteiger partial charge >= 0.3 is 0 Å². The number of aromatic nitrogens is 4. The molecular formula is C25H26N6O2S. The number of nitrogens with zero attached hydrogens (tertiary/aromatic N) is 3. The van der Waals surface area contributed by atoms with E-state index in [-0.39, 0.29) is 5.91 Å². The maximum Gasteiger partial charge on any atom is 0.250 e. The number of primary amides is 1. The highest BCUT2D eigenvalue weighted by atomic mass is 32.2. The predicted octanol–water partition coefficient (Wildman–Crippen LogP) is 3.98. The Labute approximate surface area is 201 Å². The fourth-order valence-corrected chi connectivity index (χ4v) is 6.03. The maximum atomic E-state index is 13.1. The van der Waals surface area contributed by atoms with Gasteiger partial charge in [0.05, 0.1) is 10.8 Å². The first kappa shape index (κ1) is 21.2. The number of H-pyrrole nitrogens is 1. The van der Waals surface area contributed by atoms with Crippen LogP contribution in [0.2, 0.25) is 0 Å². The van der Waals surface area contributed by atoms with Crippen molar-refractivity contribution in [2.45, 2.75) is 61.9 Å². The average molecular weight is 475 g/mol. The number of rotatable bonds is 7. The molecule has 3 aliphatic carbocycles. The summed E-state index contributed by atoms with van der Waals surface area (Å²) < 4.78 is 2.17. The van der Waals surface area contributed by atoms with Crippen molar-refractivity contribution in [1.82, 2.24) is 25.1 Å². The van der Waals surface area contributed by atoms with Crippen molar-refractivity contribution in [2.75, 3.05) is 0 Å². The summed E-state index contributed by atoms with van der Waals surface area (Å²) in [5, 5.41) is 13.4. The molecule has 1 atom stereocenters. The summed E-state index contributed by atoms with van der Waals surface area (Å²) in [5.41, 5.74) is 11.2. The Balaban J connectivity index is 1.24. The Kier molecular flexibility index (Phi) is 5.09. The van der Waals surface area contributed by atoms with Crippen molar-refractivity contribution in [3.8, 4) is 11.4 Å². The lowest BCUT2D eigenvalue weighted by atomic mass is 10.1. The highest BCUT2D eigenvalue weighted by Crippen LogP contribution is 2.44. The molecule has 3 aliphatic rings. The van der Waals surface area contributed by atoms with Gasteiger partial charge in [-0.05, 0) is 50.7 Å². The predicted molar refractivity (Wildman–Crippen MR) is 131 cm³/mol. The maximum absolute atomic E-state index is 13.1. The number of amides is 2. The van der Waals surface area contributed by atoms with Gasteiger partial charge < -0.3 is 16.0 Å². The van der Waals surface area contributed by atoms with Gasteiger partial charge in [0.1, 0.15) is 0 Å². The van der Waals surface area contributed by atoms with Crippen LogP contribution < -0.4 is 11.1 Å². The molecule has 34 heavy (non-hydrogen) atoms. The van der Waals surface area contributed by atoms with E-state index < -0.39 is 11.2 Å². The van der Waals surface area contributed by atoms with Gasteiger partial charge in [0.25, 0.3) is 5.91 Å². The molecule has 1 aromatic carbocycles. The average Bonchev–Trinajstić information content (AvgIpc) is 3.15. The van der Waals surface area contributed by atoms with Crippen molar-refractivity contribution in [1.29, 1.82) is 0 Å². The first-order valence-electron chi connectivity index (χ1n) is 11.7. The van der Waals surface area contributed by atoms with E-state index in [9.17, 15) is 9.59 Å². The zero-order valence-electron chi connectivity index (χ0n) is 18.9. The van der Waals surface area contributed by atoms with Crippen LogP contribution in [-0.4, -0.2) is 36.8 Å². The molecule has 2 heterocycles. The summed E-state index contributed by atoms with van der Waals surface area (Å²) in [6, 6.07) is 8.49. The van der Waals surface area contributed by atoms with Gasteiger partial charge in [0, 0.05) is 40.8 Å². The summed E-state index contributed by atoms with van der Waals surface area (Å²) in [7, 11) is 0. The monoisotopic (exact) mass is 474 g/mol. The molecule has 4 N–H and O–H groups in total. The van der Waals surface area contributed by atoms with Gasteiger partial charge in [0.15, 0.2) is 11.0 Å². The number of para-hydroxylation sites is 1. The van der Waals surface area contributed by atoms with Crippen molar-refractivity contribution < 1.29 is 9.59 Å². The van der Waals surface area contributed by atoms with Crippen molar-refractivity contribution in [3.63, 3.8) is 0 Å². The third kappa shape index (κ3) is 3.55. The molecule has 9 heteroatoms. The van der Waals surface area contributed by atoms with Crippen LogP contribution in [0.3, 0.4) is 0 Å². The normalized spacial score (nSPS) is 18.6. The number of benzene rings is 1. The molecule has 3 aromatic rings. The number of fused-ring (bicyclic) bond motifs is 1. The van der Waals surface area contributed by atoms with E-state index in [1.54, 1.807) is 0 Å². The number of allylic oxidation sites excluding steroid dienone is 1. The standard InChI is InChI=1S/C25H26N6O2S/c1-13(24(33)28-20-11-14-5-4-7-16(14)21(20)22(26)32)34-25-30-29-23(31(25)15-9-10-15)18-12-27-19-8-3-2-6-17(18)19/h2-3,6,8,12-13,15,27H,4-5,7,9-11H2,1H3,(H2,26,32)(H,28,33). The Morgan fingerprint density at radius 2 is 2.06 bits per heavy atom. The van der Waals surface area contributed by atoms with Gasteiger partial charge in [-0.15, -0.1) is 10.2 Å². The minimum atomic E-state index is -0.459. The first-order chi connectivity index (χ1) is 16.5. The Hall–Kier alpha value is -3.33. The van der Waals surface area contributed by atoms with Crippen LogP contribution in [0, 0.1) is 0 Å². The second kappa shape index (κ2) is 8.16. The molecule has 2 aromatic heterocycles. The summed E-state index contributed by atoms with van der Waals surface area (Å²) in [5.74, 6) is 0.212. The molecule has 1 unspecified atom stereocenters. The van der Waals surface area contributed by atoms with Crippen molar-refractivity contribution >= 4 is 34.5 Å². The van der Waals surface area contributed by atoms with Crippen LogP contribution in [0.25, 0.3) is 22.3 Å². The summed E-state index contributed by atoms with van der Waals surface area (Å²) in [6.07, 6.45) is 7.61. The van der Waals surface area contributed by atoms with E-state index in [4.69, 9.17) is 5.73 Å². The molecule has 0 aliphatic heterocycles. The van der Waals surface area contributed by atoms with Crippen LogP contribution >= 0.6 is 11.8 Å². The molecule has 0 saturated heterocycles. The second-order valence-corrected chi connectivity index (χ2v) is 10.5. The molecule has 1 saturated carbocycles. The Bertz CT molecular complexity index is 1390. The van der Waals surface area contributed by atoms with Gasteiger partial charge in [-0.25, -0.2) is 0 Å². The lowest BCUT2D eigenvalue weighted by Crippen LogP contribution is -2.32. The minimum Gasteiger partial charge on any atom is -0.366 e. The fraction of sp³-hybridized carbons (Fsp3) is 0.360. The lowest BCUT2D eigenvalue weighted by Gasteiger charge is -2.15. The number of nitrogens with two attached hydrogens (primary N) is 1. The molecule has 8 nitrogen and oxygen atoms in total. The molecule has 0 spiro atoms. The Morgan fingerprint density at radius 3 is 2.85 bits per heavy atom. The molecule has 6 rings (SSSR count). The van der Waals surface area contributed by atoms with E-state index >= 15 is 0 Å². The first-order valence-corrected chi connectivity index (χ1v) is 12.6. The molecule has 174 valence electrons. The SMILES string of the molecule is CC(Sc1nnc(-c2c[nH]c3ccccc23)n1C1CC1)C(=O)NC1=C(C(N)=O)C2=C(CCC2)C1. The highest BCUT2D eigenvalue weighted by molar-refractivity contribution is 8.00. The minimum absolute atomic E-state index is 0.154. The number of thioether (sulfide) groups is 1. The zero-order valence-corrected chi connectivity index (χ0v) is 19.7. The number of carbonyl (C=O) groups excluding carboxylic acids is 2. The van der Waals surface area contributed by atoms with Gasteiger partial charge in [0.2, 0.25) is 5.91 Å². The van der Waals surface area contributed by atoms with E-state index in [1.165, 1.54) is 17.3 Å². The largest absolute Gasteiger partial charge is 0.366 e. The summed E-state index contributed by atoms with van der Waals surface area (Å²) in [4.78, 5) is 28.5. The quantitative estimate of drug-likeness (QED) is 0.448. The second-order valence-electron chi connectivity index (χ2n) is 9.23. The van der Waals surface area contributed by atoms with E-state index in [2.05, 4.69) is 31.1 Å². The number of hydrogen-bond acceptors (Lipinski definition) is 5. The third-order valence-electron chi connectivity index (χ3n) is 6.90. The smallest absolute Gasteiger partial charge is 0.250 e. The molecule has 0 radical (unpaired) electrons. The number of hydrogen-bond donors (Lipinski definition) is 3. The third-order valence-corrected chi connectivity index (χ3v) is 7.96. The van der Waals surface area contributed by atoms with Gasteiger partial charge in [-0.2, -0.15) is 0 Å². The van der Waals surface area contributed by atoms with Crippen LogP contribution in [0.15, 0.2) is 58.0 Å². The van der Waals surface area contributed by atoms with Crippen LogP contribution in [0.5, 0.6) is 0 Å². The van der Waals surface area contributed by atoms with Crippen molar-refractivity contribution in [2.24, 2.45) is 5.73 Å². The lowest BCUT2D eigenvalue weighted by molar-refractivity contribution is -0.119. The molecule has 2 amide bonds. The van der Waals surface area contributed by atoms with Crippen LogP contribution in [0.4, 0.5) is 0 Å².